The summed E-state index contributed by atoms with van der Waals surface area (Å²) in [6.45, 7) is 8.47. The number of carbonyl (C=O) groups excluding carboxylic acids is 2. The van der Waals surface area contributed by atoms with Crippen molar-refractivity contribution in [2.45, 2.75) is 58.8 Å². The Morgan fingerprint density at radius 2 is 0.951 bits per heavy atom. The van der Waals surface area contributed by atoms with Crippen molar-refractivity contribution in [3.05, 3.63) is 119 Å². The number of hydrogen-bond donors (Lipinski definition) is 0. The highest BCUT2D eigenvalue weighted by Crippen LogP contribution is 2.37. The van der Waals surface area contributed by atoms with Crippen LogP contribution in [0.4, 0.5) is 9.59 Å². The Labute approximate surface area is 241 Å². The largest absolute Gasteiger partial charge is 0.519 e. The van der Waals surface area contributed by atoms with Crippen molar-refractivity contribution >= 4 is 12.3 Å². The maximum absolute atomic E-state index is 12.5. The van der Waals surface area contributed by atoms with Crippen LogP contribution >= 0.6 is 0 Å². The van der Waals surface area contributed by atoms with Gasteiger partial charge in [0.15, 0.2) is 0 Å². The SMILES string of the molecule is CCCc1cc(C(C)(C)c2ccc(OC(=O)Oc3ccccc3)c(CCC)c2)ccc1OC(=O)Oc1ccccc1. The molecule has 0 aromatic heterocycles. The topological polar surface area (TPSA) is 71.1 Å². The maximum atomic E-state index is 12.5. The van der Waals surface area contributed by atoms with Crippen molar-refractivity contribution in [2.24, 2.45) is 0 Å². The zero-order valence-electron chi connectivity index (χ0n) is 24.0. The van der Waals surface area contributed by atoms with E-state index in [2.05, 4.69) is 39.8 Å². The normalized spacial score (nSPS) is 11.0. The third-order valence-electron chi connectivity index (χ3n) is 6.88. The highest BCUT2D eigenvalue weighted by molar-refractivity contribution is 5.68. The van der Waals surface area contributed by atoms with Crippen LogP contribution in [0.5, 0.6) is 23.0 Å². The van der Waals surface area contributed by atoms with Crippen molar-refractivity contribution in [2.75, 3.05) is 0 Å². The van der Waals surface area contributed by atoms with E-state index in [0.717, 1.165) is 47.9 Å². The minimum absolute atomic E-state index is 0.378. The standard InChI is InChI=1S/C35H36O6/c1-5-13-25-23-27(19-21-31(25)40-33(36)38-29-15-9-7-10-16-29)35(3,4)28-20-22-32(26(24-28)14-6-2)41-34(37)39-30-17-11-8-12-18-30/h7-12,15-24H,5-6,13-14H2,1-4H3. The number of para-hydroxylation sites is 2. The summed E-state index contributed by atoms with van der Waals surface area (Å²) in [5.41, 5.74) is 3.63. The minimum Gasteiger partial charge on any atom is -0.395 e. The van der Waals surface area contributed by atoms with E-state index in [1.165, 1.54) is 0 Å². The molecule has 0 heterocycles. The van der Waals surface area contributed by atoms with E-state index < -0.39 is 12.3 Å². The Balaban J connectivity index is 1.55. The summed E-state index contributed by atoms with van der Waals surface area (Å²) >= 11 is 0. The first-order chi connectivity index (χ1) is 19.8. The molecule has 0 saturated carbocycles. The molecule has 4 aromatic rings. The lowest BCUT2D eigenvalue weighted by atomic mass is 9.76. The smallest absolute Gasteiger partial charge is 0.395 e. The van der Waals surface area contributed by atoms with Gasteiger partial charge in [-0.2, -0.15) is 0 Å². The van der Waals surface area contributed by atoms with Crippen molar-refractivity contribution in [3.8, 4) is 23.0 Å². The Bertz CT molecular complexity index is 1350. The highest BCUT2D eigenvalue weighted by Gasteiger charge is 2.26. The van der Waals surface area contributed by atoms with E-state index in [1.54, 1.807) is 48.5 Å². The molecule has 0 bridgehead atoms. The molecule has 6 nitrogen and oxygen atoms in total. The van der Waals surface area contributed by atoms with Crippen molar-refractivity contribution in [1.29, 1.82) is 0 Å². The molecule has 41 heavy (non-hydrogen) atoms. The quantitative estimate of drug-likeness (QED) is 0.144. The van der Waals surface area contributed by atoms with Gasteiger partial charge < -0.3 is 18.9 Å². The van der Waals surface area contributed by atoms with Crippen molar-refractivity contribution < 1.29 is 28.5 Å². The molecule has 6 heteroatoms. The summed E-state index contributed by atoms with van der Waals surface area (Å²) in [5.74, 6) is 1.83. The monoisotopic (exact) mass is 552 g/mol. The number of benzene rings is 4. The van der Waals surface area contributed by atoms with Gasteiger partial charge in [-0.05, 0) is 71.5 Å². The van der Waals surface area contributed by atoms with E-state index in [0.29, 0.717) is 23.0 Å². The molecule has 0 saturated heterocycles. The second-order valence-corrected chi connectivity index (χ2v) is 10.3. The fourth-order valence-electron chi connectivity index (χ4n) is 4.62. The first kappa shape index (κ1) is 29.4. The third kappa shape index (κ3) is 7.76. The molecule has 0 unspecified atom stereocenters. The Morgan fingerprint density at radius 1 is 0.561 bits per heavy atom. The molecular weight excluding hydrogens is 516 g/mol. The van der Waals surface area contributed by atoms with Gasteiger partial charge in [0.2, 0.25) is 0 Å². The van der Waals surface area contributed by atoms with Gasteiger partial charge in [-0.25, -0.2) is 9.59 Å². The Hall–Kier alpha value is -4.58. The van der Waals surface area contributed by atoms with Gasteiger partial charge in [-0.3, -0.25) is 0 Å². The van der Waals surface area contributed by atoms with Crippen LogP contribution in [0.1, 0.15) is 62.8 Å². The van der Waals surface area contributed by atoms with Crippen molar-refractivity contribution in [3.63, 3.8) is 0 Å². The summed E-state index contributed by atoms with van der Waals surface area (Å²) in [6, 6.07) is 29.5. The van der Waals surface area contributed by atoms with Crippen LogP contribution < -0.4 is 18.9 Å². The predicted octanol–water partition coefficient (Wildman–Crippen LogP) is 9.07. The first-order valence-corrected chi connectivity index (χ1v) is 14.0. The van der Waals surface area contributed by atoms with Gasteiger partial charge >= 0.3 is 12.3 Å². The third-order valence-corrected chi connectivity index (χ3v) is 6.88. The van der Waals surface area contributed by atoms with Crippen LogP contribution in [0.3, 0.4) is 0 Å². The second-order valence-electron chi connectivity index (χ2n) is 10.3. The first-order valence-electron chi connectivity index (χ1n) is 14.0. The lowest BCUT2D eigenvalue weighted by Crippen LogP contribution is -2.21. The molecule has 0 amide bonds. The number of rotatable bonds is 10. The average molecular weight is 553 g/mol. The van der Waals surface area contributed by atoms with E-state index >= 15 is 0 Å². The van der Waals surface area contributed by atoms with Gasteiger partial charge in [0.1, 0.15) is 23.0 Å². The highest BCUT2D eigenvalue weighted by atomic mass is 16.7. The average Bonchev–Trinajstić information content (AvgIpc) is 2.96. The van der Waals surface area contributed by atoms with Crippen LogP contribution in [0.15, 0.2) is 97.1 Å². The Kier molecular flexibility index (Phi) is 9.80. The Morgan fingerprint density at radius 3 is 1.32 bits per heavy atom. The van der Waals surface area contributed by atoms with Gasteiger partial charge in [0, 0.05) is 5.41 Å². The van der Waals surface area contributed by atoms with Crippen LogP contribution in [0.2, 0.25) is 0 Å². The molecule has 0 atom stereocenters. The lowest BCUT2D eigenvalue weighted by molar-refractivity contribution is 0.150. The number of ether oxygens (including phenoxy) is 4. The summed E-state index contributed by atoms with van der Waals surface area (Å²) < 4.78 is 21.8. The second kappa shape index (κ2) is 13.7. The molecule has 0 radical (unpaired) electrons. The summed E-state index contributed by atoms with van der Waals surface area (Å²) in [7, 11) is 0. The fraction of sp³-hybridized carbons (Fsp3) is 0.257. The molecular formula is C35H36O6. The zero-order chi connectivity index (χ0) is 29.2. The molecule has 212 valence electrons. The molecule has 0 spiro atoms. The molecule has 0 aliphatic rings. The molecule has 4 rings (SSSR count). The zero-order valence-corrected chi connectivity index (χ0v) is 24.0. The molecule has 0 N–H and O–H groups in total. The minimum atomic E-state index is -0.772. The number of hydrogen-bond acceptors (Lipinski definition) is 6. The van der Waals surface area contributed by atoms with Crippen molar-refractivity contribution in [1.82, 2.24) is 0 Å². The molecule has 0 fully saturated rings. The van der Waals surface area contributed by atoms with E-state index in [4.69, 9.17) is 18.9 Å². The molecule has 0 aliphatic heterocycles. The maximum Gasteiger partial charge on any atom is 0.519 e. The summed E-state index contributed by atoms with van der Waals surface area (Å²) in [6.07, 6.45) is 1.72. The van der Waals surface area contributed by atoms with Gasteiger partial charge in [0.05, 0.1) is 0 Å². The van der Waals surface area contributed by atoms with E-state index in [-0.39, 0.29) is 5.41 Å². The van der Waals surface area contributed by atoms with Crippen LogP contribution in [0, 0.1) is 0 Å². The lowest BCUT2D eigenvalue weighted by Gasteiger charge is -2.28. The van der Waals surface area contributed by atoms with Crippen LogP contribution in [0.25, 0.3) is 0 Å². The summed E-state index contributed by atoms with van der Waals surface area (Å²) in [5, 5.41) is 0. The van der Waals surface area contributed by atoms with Gasteiger partial charge in [0.25, 0.3) is 0 Å². The van der Waals surface area contributed by atoms with E-state index in [9.17, 15) is 9.59 Å². The van der Waals surface area contributed by atoms with Gasteiger partial charge in [-0.15, -0.1) is 0 Å². The van der Waals surface area contributed by atoms with Crippen LogP contribution in [-0.2, 0) is 18.3 Å². The molecule has 0 aliphatic carbocycles. The van der Waals surface area contributed by atoms with Crippen LogP contribution in [-0.4, -0.2) is 12.3 Å². The fourth-order valence-corrected chi connectivity index (χ4v) is 4.62. The predicted molar refractivity (Wildman–Crippen MR) is 159 cm³/mol. The summed E-state index contributed by atoms with van der Waals surface area (Å²) in [4.78, 5) is 24.9. The molecule has 4 aromatic carbocycles. The number of carbonyl (C=O) groups is 2. The van der Waals surface area contributed by atoms with Gasteiger partial charge in [-0.1, -0.05) is 101 Å². The number of aryl methyl sites for hydroxylation is 2. The van der Waals surface area contributed by atoms with E-state index in [1.807, 2.05) is 36.4 Å².